The second-order valence-electron chi connectivity index (χ2n) is 4.42. The van der Waals surface area contributed by atoms with E-state index in [2.05, 4.69) is 0 Å². The highest BCUT2D eigenvalue weighted by molar-refractivity contribution is 5.64. The molecule has 0 N–H and O–H groups in total. The van der Waals surface area contributed by atoms with E-state index in [0.717, 1.165) is 18.9 Å². The Hall–Kier alpha value is -1.58. The highest BCUT2D eigenvalue weighted by Crippen LogP contribution is 2.19. The molecule has 0 saturated heterocycles. The van der Waals surface area contributed by atoms with Crippen molar-refractivity contribution in [3.05, 3.63) is 30.1 Å². The van der Waals surface area contributed by atoms with Gasteiger partial charge in [-0.3, -0.25) is 0 Å². The molecule has 0 aliphatic carbocycles. The average molecular weight is 240 g/mol. The molecule has 4 heteroatoms. The van der Waals surface area contributed by atoms with E-state index in [9.17, 15) is 9.18 Å². The van der Waals surface area contributed by atoms with E-state index >= 15 is 0 Å². The maximum absolute atomic E-state index is 12.8. The molecule has 1 rings (SSSR count). The molecule has 0 atom stereocenters. The van der Waals surface area contributed by atoms with E-state index < -0.39 is 17.6 Å². The summed E-state index contributed by atoms with van der Waals surface area (Å²) < 4.78 is 22.9. The molecule has 0 aliphatic rings. The Morgan fingerprint density at radius 1 is 1.41 bits per heavy atom. The van der Waals surface area contributed by atoms with Gasteiger partial charge in [0, 0.05) is 6.07 Å². The summed E-state index contributed by atoms with van der Waals surface area (Å²) in [7, 11) is 0. The van der Waals surface area contributed by atoms with Crippen LogP contribution >= 0.6 is 0 Å². The molecule has 0 saturated carbocycles. The zero-order valence-corrected chi connectivity index (χ0v) is 10.3. The third-order valence-electron chi connectivity index (χ3n) is 2.21. The number of carbonyl (C=O) groups is 1. The van der Waals surface area contributed by atoms with Crippen LogP contribution < -0.4 is 4.74 Å². The summed E-state index contributed by atoms with van der Waals surface area (Å²) in [5.74, 6) is -0.314. The predicted molar refractivity (Wildman–Crippen MR) is 62.5 cm³/mol. The van der Waals surface area contributed by atoms with Gasteiger partial charge in [-0.15, -0.1) is 0 Å². The topological polar surface area (TPSA) is 35.5 Å². The lowest BCUT2D eigenvalue weighted by Crippen LogP contribution is -2.29. The Balaban J connectivity index is 2.55. The second kappa shape index (κ2) is 5.66. The molecule has 3 nitrogen and oxygen atoms in total. The van der Waals surface area contributed by atoms with E-state index in [0.29, 0.717) is 0 Å². The van der Waals surface area contributed by atoms with Crippen molar-refractivity contribution >= 4 is 6.16 Å². The first kappa shape index (κ1) is 13.5. The smallest absolute Gasteiger partial charge is 0.428 e. The van der Waals surface area contributed by atoms with Crippen LogP contribution in [0.3, 0.4) is 0 Å². The van der Waals surface area contributed by atoms with Crippen molar-refractivity contribution in [2.24, 2.45) is 0 Å². The molecule has 0 aromatic heterocycles. The molecule has 0 fully saturated rings. The summed E-state index contributed by atoms with van der Waals surface area (Å²) in [5, 5.41) is 0. The molecule has 0 unspecified atom stereocenters. The molecule has 1 aromatic carbocycles. The van der Waals surface area contributed by atoms with Crippen LogP contribution in [-0.2, 0) is 4.74 Å². The third-order valence-corrected chi connectivity index (χ3v) is 2.21. The number of halogens is 1. The fourth-order valence-electron chi connectivity index (χ4n) is 1.53. The standard InChI is InChI=1S/C13H17FO3/c1-4-8-13(2,3)17-12(15)16-11-7-5-6-10(14)9-11/h5-7,9H,4,8H2,1-3H3. The van der Waals surface area contributed by atoms with Gasteiger partial charge in [-0.05, 0) is 32.4 Å². The van der Waals surface area contributed by atoms with Gasteiger partial charge in [0.15, 0.2) is 0 Å². The number of hydrogen-bond acceptors (Lipinski definition) is 3. The highest BCUT2D eigenvalue weighted by atomic mass is 19.1. The van der Waals surface area contributed by atoms with Crippen LogP contribution in [0, 0.1) is 5.82 Å². The lowest BCUT2D eigenvalue weighted by Gasteiger charge is -2.23. The number of carbonyl (C=O) groups excluding carboxylic acids is 1. The highest BCUT2D eigenvalue weighted by Gasteiger charge is 2.23. The zero-order valence-electron chi connectivity index (χ0n) is 10.3. The van der Waals surface area contributed by atoms with Crippen LogP contribution in [0.5, 0.6) is 5.75 Å². The van der Waals surface area contributed by atoms with E-state index in [-0.39, 0.29) is 5.75 Å². The van der Waals surface area contributed by atoms with Crippen molar-refractivity contribution in [3.8, 4) is 5.75 Å². The van der Waals surface area contributed by atoms with E-state index in [1.807, 2.05) is 20.8 Å². The van der Waals surface area contributed by atoms with Crippen LogP contribution in [-0.4, -0.2) is 11.8 Å². The number of benzene rings is 1. The van der Waals surface area contributed by atoms with Crippen LogP contribution in [0.1, 0.15) is 33.6 Å². The van der Waals surface area contributed by atoms with Gasteiger partial charge in [0.25, 0.3) is 0 Å². The van der Waals surface area contributed by atoms with Gasteiger partial charge >= 0.3 is 6.16 Å². The average Bonchev–Trinajstić information content (AvgIpc) is 2.15. The van der Waals surface area contributed by atoms with Crippen molar-refractivity contribution in [3.63, 3.8) is 0 Å². The van der Waals surface area contributed by atoms with Gasteiger partial charge < -0.3 is 9.47 Å². The van der Waals surface area contributed by atoms with Crippen molar-refractivity contribution in [2.75, 3.05) is 0 Å². The molecule has 0 radical (unpaired) electrons. The summed E-state index contributed by atoms with van der Waals surface area (Å²) >= 11 is 0. The minimum absolute atomic E-state index is 0.141. The first-order valence-electron chi connectivity index (χ1n) is 5.59. The summed E-state index contributed by atoms with van der Waals surface area (Å²) in [5.41, 5.74) is -0.570. The van der Waals surface area contributed by atoms with Crippen molar-refractivity contribution in [2.45, 2.75) is 39.2 Å². The number of hydrogen-bond donors (Lipinski definition) is 0. The fraction of sp³-hybridized carbons (Fsp3) is 0.462. The summed E-state index contributed by atoms with van der Waals surface area (Å²) in [6.07, 6.45) is 0.833. The molecular formula is C13H17FO3. The third kappa shape index (κ3) is 4.85. The predicted octanol–water partition coefficient (Wildman–Crippen LogP) is 3.92. The summed E-state index contributed by atoms with van der Waals surface area (Å²) in [4.78, 5) is 11.4. The first-order valence-corrected chi connectivity index (χ1v) is 5.59. The molecule has 0 heterocycles. The van der Waals surface area contributed by atoms with Gasteiger partial charge in [0.1, 0.15) is 17.2 Å². The molecule has 0 amide bonds. The zero-order chi connectivity index (χ0) is 12.9. The maximum atomic E-state index is 12.8. The monoisotopic (exact) mass is 240 g/mol. The SMILES string of the molecule is CCCC(C)(C)OC(=O)Oc1cccc(F)c1. The molecule has 94 valence electrons. The summed E-state index contributed by atoms with van der Waals surface area (Å²) in [6.45, 7) is 5.62. The Morgan fingerprint density at radius 3 is 2.71 bits per heavy atom. The van der Waals surface area contributed by atoms with Crippen molar-refractivity contribution < 1.29 is 18.7 Å². The Labute approximate surface area is 101 Å². The minimum atomic E-state index is -0.811. The van der Waals surface area contributed by atoms with E-state index in [1.165, 1.54) is 18.2 Å². The fourth-order valence-corrected chi connectivity index (χ4v) is 1.53. The van der Waals surface area contributed by atoms with E-state index in [4.69, 9.17) is 9.47 Å². The Bertz CT molecular complexity index is 388. The normalized spacial score (nSPS) is 11.1. The van der Waals surface area contributed by atoms with Crippen LogP contribution in [0.2, 0.25) is 0 Å². The molecule has 0 bridgehead atoms. The lowest BCUT2D eigenvalue weighted by atomic mass is 10.0. The maximum Gasteiger partial charge on any atom is 0.514 e. The molecule has 17 heavy (non-hydrogen) atoms. The first-order chi connectivity index (χ1) is 7.93. The van der Waals surface area contributed by atoms with Crippen LogP contribution in [0.15, 0.2) is 24.3 Å². The number of rotatable bonds is 4. The molecule has 0 spiro atoms. The number of ether oxygens (including phenoxy) is 2. The van der Waals surface area contributed by atoms with Crippen molar-refractivity contribution in [1.29, 1.82) is 0 Å². The van der Waals surface area contributed by atoms with Gasteiger partial charge in [0.2, 0.25) is 0 Å². The van der Waals surface area contributed by atoms with Crippen molar-refractivity contribution in [1.82, 2.24) is 0 Å². The minimum Gasteiger partial charge on any atom is -0.428 e. The Morgan fingerprint density at radius 2 is 2.12 bits per heavy atom. The quantitative estimate of drug-likeness (QED) is 0.591. The molecule has 1 aromatic rings. The molecular weight excluding hydrogens is 223 g/mol. The Kier molecular flexibility index (Phi) is 4.49. The van der Waals surface area contributed by atoms with E-state index in [1.54, 1.807) is 0 Å². The van der Waals surface area contributed by atoms with Gasteiger partial charge in [-0.25, -0.2) is 9.18 Å². The second-order valence-corrected chi connectivity index (χ2v) is 4.42. The van der Waals surface area contributed by atoms with Crippen LogP contribution in [0.25, 0.3) is 0 Å². The van der Waals surface area contributed by atoms with Gasteiger partial charge in [-0.1, -0.05) is 19.4 Å². The van der Waals surface area contributed by atoms with Gasteiger partial charge in [0.05, 0.1) is 0 Å². The lowest BCUT2D eigenvalue weighted by molar-refractivity contribution is 0.00382. The van der Waals surface area contributed by atoms with Crippen LogP contribution in [0.4, 0.5) is 9.18 Å². The molecule has 0 aliphatic heterocycles. The van der Waals surface area contributed by atoms with Gasteiger partial charge in [-0.2, -0.15) is 0 Å². The largest absolute Gasteiger partial charge is 0.514 e. The summed E-state index contributed by atoms with van der Waals surface area (Å²) in [6, 6.07) is 5.37.